The van der Waals surface area contributed by atoms with E-state index in [-0.39, 0.29) is 12.3 Å². The molecule has 1 N–H and O–H groups in total. The fraction of sp³-hybridized carbons (Fsp3) is 0.235. The quantitative estimate of drug-likeness (QED) is 0.828. The van der Waals surface area contributed by atoms with Crippen molar-refractivity contribution in [2.45, 2.75) is 6.42 Å². The zero-order valence-corrected chi connectivity index (χ0v) is 15.0. The minimum absolute atomic E-state index is 0.126. The van der Waals surface area contributed by atoms with Crippen molar-refractivity contribution in [1.29, 1.82) is 0 Å². The first-order valence-corrected chi connectivity index (χ1v) is 7.77. The second kappa shape index (κ2) is 8.13. The van der Waals surface area contributed by atoms with Crippen LogP contribution in [0.4, 0.5) is 5.69 Å². The van der Waals surface area contributed by atoms with Gasteiger partial charge in [-0.2, -0.15) is 0 Å². The summed E-state index contributed by atoms with van der Waals surface area (Å²) in [6.45, 7) is 0. The summed E-state index contributed by atoms with van der Waals surface area (Å²) in [5, 5.41) is 3.65. The van der Waals surface area contributed by atoms with E-state index < -0.39 is 0 Å². The lowest BCUT2D eigenvalue weighted by Gasteiger charge is -2.14. The molecule has 24 heavy (non-hydrogen) atoms. The minimum Gasteiger partial charge on any atom is -0.493 e. The fourth-order valence-electron chi connectivity index (χ4n) is 2.25. The molecule has 0 aliphatic rings. The largest absolute Gasteiger partial charge is 0.493 e. The Kier molecular flexibility index (Phi) is 6.17. The van der Waals surface area contributed by atoms with Crippen LogP contribution in [0.1, 0.15) is 5.56 Å². The van der Waals surface area contributed by atoms with E-state index in [4.69, 9.17) is 37.4 Å². The smallest absolute Gasteiger partial charge is 0.228 e. The Morgan fingerprint density at radius 2 is 1.46 bits per heavy atom. The summed E-state index contributed by atoms with van der Waals surface area (Å²) in [5.41, 5.74) is 1.25. The summed E-state index contributed by atoms with van der Waals surface area (Å²) in [6, 6.07) is 8.30. The van der Waals surface area contributed by atoms with Gasteiger partial charge in [0, 0.05) is 15.7 Å². The van der Waals surface area contributed by atoms with Gasteiger partial charge in [0.2, 0.25) is 11.7 Å². The van der Waals surface area contributed by atoms with Crippen molar-refractivity contribution in [2.24, 2.45) is 0 Å². The Morgan fingerprint density at radius 1 is 0.917 bits per heavy atom. The third-order valence-corrected chi connectivity index (χ3v) is 3.67. The van der Waals surface area contributed by atoms with E-state index in [1.54, 1.807) is 30.3 Å². The molecule has 0 bridgehead atoms. The van der Waals surface area contributed by atoms with Gasteiger partial charge in [0.1, 0.15) is 0 Å². The second-order valence-electron chi connectivity index (χ2n) is 4.92. The number of nitrogens with one attached hydrogen (secondary N) is 1. The molecule has 128 valence electrons. The highest BCUT2D eigenvalue weighted by Crippen LogP contribution is 2.38. The van der Waals surface area contributed by atoms with E-state index in [2.05, 4.69) is 5.32 Å². The summed E-state index contributed by atoms with van der Waals surface area (Å²) in [6.07, 6.45) is 0.126. The molecule has 0 aliphatic heterocycles. The highest BCUT2D eigenvalue weighted by Gasteiger charge is 2.15. The molecule has 2 aromatic carbocycles. The average molecular weight is 370 g/mol. The lowest BCUT2D eigenvalue weighted by atomic mass is 10.1. The summed E-state index contributed by atoms with van der Waals surface area (Å²) in [5.74, 6) is 1.24. The first-order valence-electron chi connectivity index (χ1n) is 7.01. The van der Waals surface area contributed by atoms with E-state index >= 15 is 0 Å². The van der Waals surface area contributed by atoms with Crippen LogP contribution in [0, 0.1) is 0 Å². The molecule has 0 unspecified atom stereocenters. The van der Waals surface area contributed by atoms with Gasteiger partial charge in [-0.15, -0.1) is 0 Å². The molecule has 7 heteroatoms. The number of hydrogen-bond donors (Lipinski definition) is 1. The van der Waals surface area contributed by atoms with Crippen LogP contribution in [0.5, 0.6) is 17.2 Å². The summed E-state index contributed by atoms with van der Waals surface area (Å²) >= 11 is 11.8. The first-order chi connectivity index (χ1) is 11.5. The van der Waals surface area contributed by atoms with Gasteiger partial charge in [0.05, 0.1) is 27.8 Å². The van der Waals surface area contributed by atoms with Crippen molar-refractivity contribution in [3.63, 3.8) is 0 Å². The molecule has 0 heterocycles. The number of ether oxygens (including phenoxy) is 3. The highest BCUT2D eigenvalue weighted by molar-refractivity contribution is 6.35. The Balaban J connectivity index is 2.19. The second-order valence-corrected chi connectivity index (χ2v) is 5.79. The van der Waals surface area contributed by atoms with Crippen LogP contribution in [0.25, 0.3) is 0 Å². The van der Waals surface area contributed by atoms with E-state index in [1.807, 2.05) is 0 Å². The van der Waals surface area contributed by atoms with Crippen molar-refractivity contribution in [3.8, 4) is 17.2 Å². The number of methoxy groups -OCH3 is 3. The molecule has 0 saturated heterocycles. The van der Waals surface area contributed by atoms with Crippen molar-refractivity contribution in [3.05, 3.63) is 45.9 Å². The number of halogens is 2. The van der Waals surface area contributed by atoms with Gasteiger partial charge in [0.25, 0.3) is 0 Å². The number of rotatable bonds is 6. The Morgan fingerprint density at radius 3 is 1.92 bits per heavy atom. The molecule has 0 saturated carbocycles. The van der Waals surface area contributed by atoms with Gasteiger partial charge in [-0.25, -0.2) is 0 Å². The van der Waals surface area contributed by atoms with Gasteiger partial charge in [-0.05, 0) is 35.9 Å². The zero-order chi connectivity index (χ0) is 17.7. The van der Waals surface area contributed by atoms with Gasteiger partial charge < -0.3 is 19.5 Å². The normalized spacial score (nSPS) is 10.2. The molecule has 0 radical (unpaired) electrons. The van der Waals surface area contributed by atoms with Gasteiger partial charge in [0.15, 0.2) is 11.5 Å². The molecular weight excluding hydrogens is 353 g/mol. The Labute approximate surface area is 150 Å². The fourth-order valence-corrected chi connectivity index (χ4v) is 2.78. The monoisotopic (exact) mass is 369 g/mol. The molecule has 0 aromatic heterocycles. The predicted octanol–water partition coefficient (Wildman–Crippen LogP) is 4.20. The number of hydrogen-bond acceptors (Lipinski definition) is 4. The first kappa shape index (κ1) is 18.2. The highest BCUT2D eigenvalue weighted by atomic mass is 35.5. The summed E-state index contributed by atoms with van der Waals surface area (Å²) in [4.78, 5) is 12.2. The standard InChI is InChI=1S/C17H17Cl2NO4/c1-22-14-4-10(5-15(23-2)17(14)24-3)6-16(21)20-13-8-11(18)7-12(19)9-13/h4-5,7-9H,6H2,1-3H3,(H,20,21). The third-order valence-electron chi connectivity index (χ3n) is 3.24. The number of benzene rings is 2. The SMILES string of the molecule is COc1cc(CC(=O)Nc2cc(Cl)cc(Cl)c2)cc(OC)c1OC. The van der Waals surface area contributed by atoms with Crippen LogP contribution < -0.4 is 19.5 Å². The van der Waals surface area contributed by atoms with Crippen LogP contribution in [0.2, 0.25) is 10.0 Å². The maximum Gasteiger partial charge on any atom is 0.228 e. The summed E-state index contributed by atoms with van der Waals surface area (Å²) < 4.78 is 15.8. The topological polar surface area (TPSA) is 56.8 Å². The van der Waals surface area contributed by atoms with Gasteiger partial charge in [-0.3, -0.25) is 4.79 Å². The lowest BCUT2D eigenvalue weighted by molar-refractivity contribution is -0.115. The maximum atomic E-state index is 12.2. The predicted molar refractivity (Wildman–Crippen MR) is 94.9 cm³/mol. The number of anilines is 1. The zero-order valence-electron chi connectivity index (χ0n) is 13.5. The Hall–Kier alpha value is -2.11. The minimum atomic E-state index is -0.220. The van der Waals surface area contributed by atoms with Crippen molar-refractivity contribution < 1.29 is 19.0 Å². The molecule has 2 aromatic rings. The van der Waals surface area contributed by atoms with Gasteiger partial charge in [-0.1, -0.05) is 23.2 Å². The van der Waals surface area contributed by atoms with Crippen LogP contribution in [0.3, 0.4) is 0 Å². The van der Waals surface area contributed by atoms with Crippen LogP contribution in [0.15, 0.2) is 30.3 Å². The van der Waals surface area contributed by atoms with Crippen LogP contribution in [-0.4, -0.2) is 27.2 Å². The average Bonchev–Trinajstić information content (AvgIpc) is 2.52. The summed E-state index contributed by atoms with van der Waals surface area (Å²) in [7, 11) is 4.57. The Bertz CT molecular complexity index is 704. The number of carbonyl (C=O) groups is 1. The molecule has 0 aliphatic carbocycles. The molecule has 2 rings (SSSR count). The maximum absolute atomic E-state index is 12.2. The van der Waals surface area contributed by atoms with Crippen molar-refractivity contribution >= 4 is 34.8 Å². The van der Waals surface area contributed by atoms with Crippen LogP contribution in [-0.2, 0) is 11.2 Å². The van der Waals surface area contributed by atoms with Crippen molar-refractivity contribution in [1.82, 2.24) is 0 Å². The van der Waals surface area contributed by atoms with Crippen molar-refractivity contribution in [2.75, 3.05) is 26.6 Å². The number of carbonyl (C=O) groups excluding carboxylic acids is 1. The van der Waals surface area contributed by atoms with E-state index in [9.17, 15) is 4.79 Å². The van der Waals surface area contributed by atoms with E-state index in [1.165, 1.54) is 21.3 Å². The van der Waals surface area contributed by atoms with E-state index in [0.29, 0.717) is 33.0 Å². The molecule has 5 nitrogen and oxygen atoms in total. The molecular formula is C17H17Cl2NO4. The lowest BCUT2D eigenvalue weighted by Crippen LogP contribution is -2.14. The van der Waals surface area contributed by atoms with Gasteiger partial charge >= 0.3 is 0 Å². The molecule has 0 spiro atoms. The molecule has 1 amide bonds. The molecule has 0 fully saturated rings. The third kappa shape index (κ3) is 4.46. The molecule has 0 atom stereocenters. The van der Waals surface area contributed by atoms with Crippen LogP contribution >= 0.6 is 23.2 Å². The van der Waals surface area contributed by atoms with E-state index in [0.717, 1.165) is 5.56 Å². The number of amides is 1.